The minimum atomic E-state index is -3.18. The van der Waals surface area contributed by atoms with Gasteiger partial charge in [0.15, 0.2) is 9.84 Å². The minimum Gasteiger partial charge on any atom is -0.477 e. The van der Waals surface area contributed by atoms with E-state index in [1.807, 2.05) is 0 Å². The smallest absolute Gasteiger partial charge is 0.354 e. The highest BCUT2D eigenvalue weighted by Crippen LogP contribution is 2.27. The zero-order chi connectivity index (χ0) is 14.8. The summed E-state index contributed by atoms with van der Waals surface area (Å²) < 4.78 is 24.3. The molecule has 1 aromatic heterocycles. The second-order valence-electron chi connectivity index (χ2n) is 4.38. The monoisotopic (exact) mass is 316 g/mol. The van der Waals surface area contributed by atoms with E-state index in [0.29, 0.717) is 18.0 Å². The third-order valence-corrected chi connectivity index (χ3v) is 6.49. The first-order chi connectivity index (χ1) is 9.45. The second kappa shape index (κ2) is 6.01. The average Bonchev–Trinajstić information content (AvgIpc) is 2.47. The summed E-state index contributed by atoms with van der Waals surface area (Å²) in [6.07, 6.45) is 1.43. The number of anilines is 1. The molecule has 6 nitrogen and oxygen atoms in total. The van der Waals surface area contributed by atoms with Crippen LogP contribution in [-0.4, -0.2) is 53.7 Å². The third-order valence-electron chi connectivity index (χ3n) is 3.20. The van der Waals surface area contributed by atoms with Gasteiger partial charge in [-0.05, 0) is 12.1 Å². The van der Waals surface area contributed by atoms with Gasteiger partial charge in [-0.25, -0.2) is 18.2 Å². The van der Waals surface area contributed by atoms with Crippen LogP contribution in [-0.2, 0) is 9.84 Å². The van der Waals surface area contributed by atoms with Gasteiger partial charge in [0, 0.05) is 23.8 Å². The van der Waals surface area contributed by atoms with E-state index in [1.54, 1.807) is 29.7 Å². The van der Waals surface area contributed by atoms with Crippen LogP contribution in [0.15, 0.2) is 18.3 Å². The first-order valence-corrected chi connectivity index (χ1v) is 9.08. The van der Waals surface area contributed by atoms with Crippen LogP contribution < -0.4 is 4.90 Å². The summed E-state index contributed by atoms with van der Waals surface area (Å²) in [5.41, 5.74) is 0.604. The minimum absolute atomic E-state index is 0.0463. The molecule has 1 saturated heterocycles. The number of sulfone groups is 1. The van der Waals surface area contributed by atoms with Crippen molar-refractivity contribution >= 4 is 33.3 Å². The van der Waals surface area contributed by atoms with Crippen LogP contribution in [0.4, 0.5) is 5.69 Å². The molecule has 20 heavy (non-hydrogen) atoms. The Morgan fingerprint density at radius 3 is 2.85 bits per heavy atom. The number of carboxylic acid groups (broad SMARTS) is 1. The van der Waals surface area contributed by atoms with Crippen molar-refractivity contribution < 1.29 is 18.3 Å². The highest BCUT2D eigenvalue weighted by Gasteiger charge is 2.33. The number of pyridine rings is 1. The van der Waals surface area contributed by atoms with Crippen LogP contribution >= 0.6 is 11.8 Å². The molecular formula is C12H16N2O4S2. The lowest BCUT2D eigenvalue weighted by atomic mass is 10.3. The van der Waals surface area contributed by atoms with Crippen LogP contribution in [0.25, 0.3) is 0 Å². The van der Waals surface area contributed by atoms with Gasteiger partial charge in [0.05, 0.1) is 11.9 Å². The van der Waals surface area contributed by atoms with Gasteiger partial charge in [-0.15, -0.1) is 0 Å². The molecule has 0 amide bonds. The molecule has 0 aromatic carbocycles. The molecule has 1 N–H and O–H groups in total. The molecule has 1 aromatic rings. The molecule has 0 aliphatic carbocycles. The summed E-state index contributed by atoms with van der Waals surface area (Å²) >= 11 is 1.62. The molecule has 0 spiro atoms. The quantitative estimate of drug-likeness (QED) is 0.889. The molecule has 1 unspecified atom stereocenters. The first kappa shape index (κ1) is 15.1. The number of carboxylic acids is 1. The summed E-state index contributed by atoms with van der Waals surface area (Å²) in [5, 5.41) is 8.26. The first-order valence-electron chi connectivity index (χ1n) is 6.21. The predicted molar refractivity (Wildman–Crippen MR) is 79.1 cm³/mol. The van der Waals surface area contributed by atoms with Gasteiger partial charge in [-0.3, -0.25) is 0 Å². The second-order valence-corrected chi connectivity index (χ2v) is 7.98. The van der Waals surface area contributed by atoms with Gasteiger partial charge < -0.3 is 10.0 Å². The van der Waals surface area contributed by atoms with Gasteiger partial charge >= 0.3 is 5.97 Å². The normalized spacial score (nSPS) is 19.9. The number of rotatable bonds is 4. The van der Waals surface area contributed by atoms with Crippen molar-refractivity contribution in [1.29, 1.82) is 0 Å². The van der Waals surface area contributed by atoms with Crippen molar-refractivity contribution in [2.45, 2.75) is 12.3 Å². The van der Waals surface area contributed by atoms with Gasteiger partial charge in [0.25, 0.3) is 0 Å². The van der Waals surface area contributed by atoms with Crippen LogP contribution in [0.1, 0.15) is 17.4 Å². The maximum absolute atomic E-state index is 12.1. The van der Waals surface area contributed by atoms with Gasteiger partial charge in [-0.1, -0.05) is 6.92 Å². The maximum atomic E-state index is 12.1. The molecule has 0 saturated carbocycles. The fraction of sp³-hybridized carbons (Fsp3) is 0.500. The summed E-state index contributed by atoms with van der Waals surface area (Å²) in [6.45, 7) is 2.25. The van der Waals surface area contributed by atoms with Crippen LogP contribution in [0.3, 0.4) is 0 Å². The fourth-order valence-corrected chi connectivity index (χ4v) is 5.04. The Kier molecular flexibility index (Phi) is 4.54. The molecule has 2 rings (SSSR count). The van der Waals surface area contributed by atoms with Gasteiger partial charge in [0.2, 0.25) is 0 Å². The van der Waals surface area contributed by atoms with Crippen molar-refractivity contribution in [2.75, 3.05) is 28.7 Å². The average molecular weight is 316 g/mol. The number of nitrogens with zero attached hydrogens (tertiary/aromatic N) is 2. The van der Waals surface area contributed by atoms with E-state index in [1.165, 1.54) is 12.3 Å². The number of carbonyl (C=O) groups is 1. The highest BCUT2D eigenvalue weighted by atomic mass is 32.2. The molecule has 110 valence electrons. The van der Waals surface area contributed by atoms with Crippen LogP contribution in [0.5, 0.6) is 0 Å². The predicted octanol–water partition coefficient (Wildman–Crippen LogP) is 1.09. The molecule has 1 aliphatic heterocycles. The van der Waals surface area contributed by atoms with E-state index in [4.69, 9.17) is 5.11 Å². The van der Waals surface area contributed by atoms with Crippen molar-refractivity contribution in [1.82, 2.24) is 4.98 Å². The summed E-state index contributed by atoms with van der Waals surface area (Å²) in [7, 11) is -3.18. The molecule has 0 radical (unpaired) electrons. The fourth-order valence-electron chi connectivity index (χ4n) is 2.05. The van der Waals surface area contributed by atoms with E-state index in [9.17, 15) is 13.2 Å². The molecule has 1 atom stereocenters. The van der Waals surface area contributed by atoms with E-state index in [-0.39, 0.29) is 11.4 Å². The summed E-state index contributed by atoms with van der Waals surface area (Å²) in [4.78, 5) is 16.4. The largest absolute Gasteiger partial charge is 0.477 e. The van der Waals surface area contributed by atoms with E-state index < -0.39 is 21.2 Å². The molecule has 8 heteroatoms. The Hall–Kier alpha value is -1.28. The van der Waals surface area contributed by atoms with E-state index in [2.05, 4.69) is 4.98 Å². The van der Waals surface area contributed by atoms with Gasteiger partial charge in [-0.2, -0.15) is 11.8 Å². The number of aromatic carboxylic acids is 1. The maximum Gasteiger partial charge on any atom is 0.354 e. The Bertz CT molecular complexity index is 586. The lowest BCUT2D eigenvalue weighted by Crippen LogP contribution is -2.48. The van der Waals surface area contributed by atoms with Crippen molar-refractivity contribution in [2.24, 2.45) is 0 Å². The zero-order valence-corrected chi connectivity index (χ0v) is 12.7. The Balaban J connectivity index is 2.30. The SMILES string of the molecule is CCS(=O)(=O)C1CSCCN1c1ccc(C(=O)O)nc1. The Morgan fingerprint density at radius 2 is 2.30 bits per heavy atom. The third kappa shape index (κ3) is 3.06. The lowest BCUT2D eigenvalue weighted by molar-refractivity contribution is 0.0690. The Labute approximate surface area is 122 Å². The Morgan fingerprint density at radius 1 is 1.55 bits per heavy atom. The summed E-state index contributed by atoms with van der Waals surface area (Å²) in [5.74, 6) is 0.367. The number of hydrogen-bond acceptors (Lipinski definition) is 6. The number of hydrogen-bond donors (Lipinski definition) is 1. The topological polar surface area (TPSA) is 87.6 Å². The van der Waals surface area contributed by atoms with Gasteiger partial charge in [0.1, 0.15) is 11.1 Å². The molecule has 1 fully saturated rings. The summed E-state index contributed by atoms with van der Waals surface area (Å²) in [6, 6.07) is 3.01. The zero-order valence-electron chi connectivity index (χ0n) is 11.0. The molecular weight excluding hydrogens is 300 g/mol. The molecule has 2 heterocycles. The van der Waals surface area contributed by atoms with Crippen molar-refractivity contribution in [3.05, 3.63) is 24.0 Å². The van der Waals surface area contributed by atoms with Crippen LogP contribution in [0.2, 0.25) is 0 Å². The van der Waals surface area contributed by atoms with E-state index in [0.717, 1.165) is 5.75 Å². The number of thioether (sulfide) groups is 1. The molecule has 0 bridgehead atoms. The standard InChI is InChI=1S/C12H16N2O4S2/c1-2-20(17,18)11-8-19-6-5-14(11)9-3-4-10(12(15)16)13-7-9/h3-4,7,11H,2,5-6,8H2,1H3,(H,15,16). The van der Waals surface area contributed by atoms with Crippen molar-refractivity contribution in [3.8, 4) is 0 Å². The highest BCUT2D eigenvalue weighted by molar-refractivity contribution is 8.01. The van der Waals surface area contributed by atoms with Crippen molar-refractivity contribution in [3.63, 3.8) is 0 Å². The number of aromatic nitrogens is 1. The lowest BCUT2D eigenvalue weighted by Gasteiger charge is -2.36. The van der Waals surface area contributed by atoms with E-state index >= 15 is 0 Å². The molecule has 1 aliphatic rings. The van der Waals surface area contributed by atoms with Crippen LogP contribution in [0, 0.1) is 0 Å².